The first-order valence-corrected chi connectivity index (χ1v) is 9.31. The van der Waals surface area contributed by atoms with E-state index in [-0.39, 0.29) is 0 Å². The van der Waals surface area contributed by atoms with Crippen LogP contribution in [0.3, 0.4) is 0 Å². The fourth-order valence-electron chi connectivity index (χ4n) is 3.50. The number of rotatable bonds is 5. The van der Waals surface area contributed by atoms with Crippen molar-refractivity contribution in [3.05, 3.63) is 88.9 Å². The minimum absolute atomic E-state index is 0.310. The number of imidazole rings is 1. The number of hydrogen-bond acceptors (Lipinski definition) is 3. The molecule has 0 bridgehead atoms. The first kappa shape index (κ1) is 17.9. The predicted octanol–water partition coefficient (Wildman–Crippen LogP) is 4.56. The van der Waals surface area contributed by atoms with Gasteiger partial charge in [0.1, 0.15) is 0 Å². The van der Waals surface area contributed by atoms with Crippen LogP contribution in [-0.2, 0) is 12.8 Å². The van der Waals surface area contributed by atoms with Gasteiger partial charge in [-0.3, -0.25) is 0 Å². The number of aromatic carboxylic acids is 1. The van der Waals surface area contributed by atoms with E-state index in [0.717, 1.165) is 52.1 Å². The van der Waals surface area contributed by atoms with Crippen molar-refractivity contribution in [1.82, 2.24) is 14.6 Å². The molecule has 2 aromatic heterocycles. The molecule has 5 heteroatoms. The summed E-state index contributed by atoms with van der Waals surface area (Å²) in [5.41, 5.74) is 7.17. The zero-order valence-electron chi connectivity index (χ0n) is 15.9. The maximum Gasteiger partial charge on any atom is 0.336 e. The van der Waals surface area contributed by atoms with Gasteiger partial charge < -0.3 is 5.11 Å². The maximum absolute atomic E-state index is 11.5. The van der Waals surface area contributed by atoms with Crippen molar-refractivity contribution < 1.29 is 9.90 Å². The van der Waals surface area contributed by atoms with Crippen LogP contribution in [0.1, 0.15) is 39.8 Å². The Morgan fingerprint density at radius 1 is 1.11 bits per heavy atom. The number of carbonyl (C=O) groups is 1. The molecule has 0 radical (unpaired) electrons. The molecular formula is C23H21N3O2. The van der Waals surface area contributed by atoms with Crippen molar-refractivity contribution in [3.63, 3.8) is 0 Å². The van der Waals surface area contributed by atoms with E-state index in [1.54, 1.807) is 12.1 Å². The first-order valence-electron chi connectivity index (χ1n) is 9.31. The normalized spacial score (nSPS) is 11.1. The van der Waals surface area contributed by atoms with Crippen LogP contribution in [0, 0.1) is 6.92 Å². The molecule has 28 heavy (non-hydrogen) atoms. The van der Waals surface area contributed by atoms with E-state index in [4.69, 9.17) is 4.98 Å². The third-order valence-electron chi connectivity index (χ3n) is 4.92. The summed E-state index contributed by atoms with van der Waals surface area (Å²) >= 11 is 0. The van der Waals surface area contributed by atoms with Crippen LogP contribution in [0.15, 0.2) is 60.8 Å². The lowest BCUT2D eigenvalue weighted by molar-refractivity contribution is 0.0697. The molecule has 0 aliphatic carbocycles. The van der Waals surface area contributed by atoms with Crippen molar-refractivity contribution in [2.75, 3.05) is 0 Å². The van der Waals surface area contributed by atoms with Gasteiger partial charge in [-0.2, -0.15) is 5.10 Å². The summed E-state index contributed by atoms with van der Waals surface area (Å²) in [7, 11) is 0. The number of hydrogen-bond donors (Lipinski definition) is 1. The van der Waals surface area contributed by atoms with Crippen molar-refractivity contribution in [2.45, 2.75) is 26.7 Å². The molecule has 0 unspecified atom stereocenters. The Balaban J connectivity index is 1.68. The zero-order valence-corrected chi connectivity index (χ0v) is 15.9. The topological polar surface area (TPSA) is 67.5 Å². The number of fused-ring (bicyclic) bond motifs is 1. The van der Waals surface area contributed by atoms with E-state index in [1.165, 1.54) is 0 Å². The summed E-state index contributed by atoms with van der Waals surface area (Å²) in [5, 5.41) is 13.9. The average Bonchev–Trinajstić information content (AvgIpc) is 3.05. The van der Waals surface area contributed by atoms with Gasteiger partial charge in [0, 0.05) is 6.42 Å². The Kier molecular flexibility index (Phi) is 4.65. The molecule has 0 fully saturated rings. The second-order valence-corrected chi connectivity index (χ2v) is 6.89. The summed E-state index contributed by atoms with van der Waals surface area (Å²) in [6.07, 6.45) is 3.42. The van der Waals surface area contributed by atoms with Crippen molar-refractivity contribution in [2.24, 2.45) is 0 Å². The van der Waals surface area contributed by atoms with Crippen LogP contribution >= 0.6 is 0 Å². The summed E-state index contributed by atoms with van der Waals surface area (Å²) in [4.78, 5) is 16.2. The summed E-state index contributed by atoms with van der Waals surface area (Å²) in [6.45, 7) is 4.12. The SMILES string of the molecule is CCc1nc2cc(C)cnn2c1Cc1ccc(-c2ccccc2C(=O)O)cc1. The molecule has 0 saturated heterocycles. The van der Waals surface area contributed by atoms with Gasteiger partial charge >= 0.3 is 5.97 Å². The van der Waals surface area contributed by atoms with Crippen LogP contribution in [0.4, 0.5) is 0 Å². The smallest absolute Gasteiger partial charge is 0.336 e. The van der Waals surface area contributed by atoms with E-state index in [2.05, 4.69) is 12.0 Å². The Bertz CT molecular complexity index is 1160. The molecule has 4 rings (SSSR count). The van der Waals surface area contributed by atoms with Gasteiger partial charge in [-0.15, -0.1) is 0 Å². The van der Waals surface area contributed by atoms with Gasteiger partial charge in [0.05, 0.1) is 23.1 Å². The van der Waals surface area contributed by atoms with Gasteiger partial charge in [-0.25, -0.2) is 14.3 Å². The highest BCUT2D eigenvalue weighted by Crippen LogP contribution is 2.25. The van der Waals surface area contributed by atoms with Crippen LogP contribution < -0.4 is 0 Å². The third kappa shape index (κ3) is 3.27. The molecule has 140 valence electrons. The summed E-state index contributed by atoms with van der Waals surface area (Å²) in [6, 6.07) is 17.1. The third-order valence-corrected chi connectivity index (χ3v) is 4.92. The molecule has 0 atom stereocenters. The van der Waals surface area contributed by atoms with Crippen LogP contribution in [0.5, 0.6) is 0 Å². The van der Waals surface area contributed by atoms with E-state index in [9.17, 15) is 9.90 Å². The summed E-state index contributed by atoms with van der Waals surface area (Å²) in [5.74, 6) is -0.917. The van der Waals surface area contributed by atoms with Gasteiger partial charge in [0.2, 0.25) is 0 Å². The number of benzene rings is 2. The first-order chi connectivity index (χ1) is 13.6. The fraction of sp³-hybridized carbons (Fsp3) is 0.174. The lowest BCUT2D eigenvalue weighted by atomic mass is 9.97. The number of carboxylic acids is 1. The van der Waals surface area contributed by atoms with Crippen molar-refractivity contribution >= 4 is 11.6 Å². The van der Waals surface area contributed by atoms with E-state index in [0.29, 0.717) is 5.56 Å². The fourth-order valence-corrected chi connectivity index (χ4v) is 3.50. The number of aromatic nitrogens is 3. The number of carboxylic acid groups (broad SMARTS) is 1. The molecule has 5 nitrogen and oxygen atoms in total. The maximum atomic E-state index is 11.5. The lowest BCUT2D eigenvalue weighted by Gasteiger charge is -2.08. The van der Waals surface area contributed by atoms with E-state index < -0.39 is 5.97 Å². The Morgan fingerprint density at radius 3 is 2.57 bits per heavy atom. The van der Waals surface area contributed by atoms with Gasteiger partial charge in [-0.1, -0.05) is 49.4 Å². The number of nitrogens with zero attached hydrogens (tertiary/aromatic N) is 3. The quantitative estimate of drug-likeness (QED) is 0.559. The van der Waals surface area contributed by atoms with Crippen molar-refractivity contribution in [1.29, 1.82) is 0 Å². The van der Waals surface area contributed by atoms with Crippen LogP contribution in [0.2, 0.25) is 0 Å². The molecule has 2 heterocycles. The zero-order chi connectivity index (χ0) is 19.7. The molecule has 0 saturated carbocycles. The Labute approximate surface area is 163 Å². The monoisotopic (exact) mass is 371 g/mol. The Hall–Kier alpha value is -3.47. The minimum Gasteiger partial charge on any atom is -0.478 e. The molecular weight excluding hydrogens is 350 g/mol. The summed E-state index contributed by atoms with van der Waals surface area (Å²) < 4.78 is 1.92. The second kappa shape index (κ2) is 7.27. The lowest BCUT2D eigenvalue weighted by Crippen LogP contribution is -2.01. The molecule has 0 amide bonds. The average molecular weight is 371 g/mol. The van der Waals surface area contributed by atoms with E-state index >= 15 is 0 Å². The molecule has 1 N–H and O–H groups in total. The van der Waals surface area contributed by atoms with Gasteiger partial charge in [-0.05, 0) is 47.7 Å². The van der Waals surface area contributed by atoms with Crippen LogP contribution in [-0.4, -0.2) is 25.7 Å². The molecule has 0 aliphatic heterocycles. The molecule has 0 aliphatic rings. The highest BCUT2D eigenvalue weighted by atomic mass is 16.4. The van der Waals surface area contributed by atoms with Gasteiger partial charge in [0.15, 0.2) is 5.65 Å². The van der Waals surface area contributed by atoms with Crippen LogP contribution in [0.25, 0.3) is 16.8 Å². The molecule has 0 spiro atoms. The number of aryl methyl sites for hydroxylation is 2. The van der Waals surface area contributed by atoms with Gasteiger partial charge in [0.25, 0.3) is 0 Å². The Morgan fingerprint density at radius 2 is 1.86 bits per heavy atom. The highest BCUT2D eigenvalue weighted by Gasteiger charge is 2.14. The second-order valence-electron chi connectivity index (χ2n) is 6.89. The minimum atomic E-state index is -0.917. The van der Waals surface area contributed by atoms with Crippen molar-refractivity contribution in [3.8, 4) is 11.1 Å². The highest BCUT2D eigenvalue weighted by molar-refractivity contribution is 5.95. The molecule has 4 aromatic rings. The largest absolute Gasteiger partial charge is 0.478 e. The van der Waals surface area contributed by atoms with E-state index in [1.807, 2.05) is 60.1 Å². The standard InChI is InChI=1S/C23H21N3O2/c1-3-20-21(26-22(25-20)12-15(2)14-24-26)13-16-8-10-17(11-9-16)18-6-4-5-7-19(18)23(27)28/h4-12,14H,3,13H2,1-2H3,(H,27,28). The predicted molar refractivity (Wildman–Crippen MR) is 109 cm³/mol. The molecule has 2 aromatic carbocycles.